The highest BCUT2D eigenvalue weighted by Crippen LogP contribution is 2.74. The maximum absolute atomic E-state index is 15.1. The second-order valence-electron chi connectivity index (χ2n) is 8.88. The third-order valence-electron chi connectivity index (χ3n) is 7.88. The minimum Gasteiger partial charge on any atom is -0.364 e. The number of ketones is 2. The van der Waals surface area contributed by atoms with Gasteiger partial charge < -0.3 is 4.74 Å². The number of halogens is 1. The lowest BCUT2D eigenvalue weighted by atomic mass is 9.47. The van der Waals surface area contributed by atoms with Gasteiger partial charge in [-0.05, 0) is 68.2 Å². The van der Waals surface area contributed by atoms with Crippen LogP contribution in [0.15, 0.2) is 35.5 Å². The average Bonchev–Trinajstić information content (AvgIpc) is 3.15. The average molecular weight is 342 g/mol. The molecule has 3 nitrogen and oxygen atoms in total. The van der Waals surface area contributed by atoms with E-state index in [0.29, 0.717) is 12.0 Å². The fraction of sp³-hybridized carbons (Fsp3) is 0.619. The van der Waals surface area contributed by atoms with E-state index in [1.54, 1.807) is 13.0 Å². The van der Waals surface area contributed by atoms with Crippen molar-refractivity contribution in [3.05, 3.63) is 35.5 Å². The van der Waals surface area contributed by atoms with E-state index in [4.69, 9.17) is 4.74 Å². The Kier molecular flexibility index (Phi) is 2.76. The maximum Gasteiger partial charge on any atom is 0.178 e. The second kappa shape index (κ2) is 4.40. The molecule has 5 aliphatic rings. The predicted octanol–water partition coefficient (Wildman–Crippen LogP) is 3.50. The Hall–Kier alpha value is -1.55. The van der Waals surface area contributed by atoms with Gasteiger partial charge in [0.25, 0.3) is 0 Å². The lowest BCUT2D eigenvalue weighted by Crippen LogP contribution is -2.58. The highest BCUT2D eigenvalue weighted by molar-refractivity contribution is 6.01. The normalized spacial score (nSPS) is 52.4. The number of fused-ring (bicyclic) bond motifs is 3. The molecular formula is C21H23FO3. The molecule has 1 spiro atoms. The summed E-state index contributed by atoms with van der Waals surface area (Å²) >= 11 is 0. The third-order valence-corrected chi connectivity index (χ3v) is 7.88. The number of hydrogen-bond donors (Lipinski definition) is 0. The summed E-state index contributed by atoms with van der Waals surface area (Å²) < 4.78 is 21.5. The molecule has 0 aromatic heterocycles. The molecule has 0 amide bonds. The summed E-state index contributed by atoms with van der Waals surface area (Å²) in [5.74, 6) is 0.289. The predicted molar refractivity (Wildman–Crippen MR) is 90.5 cm³/mol. The van der Waals surface area contributed by atoms with Crippen molar-refractivity contribution in [1.29, 1.82) is 0 Å². The van der Waals surface area contributed by atoms with E-state index in [1.165, 1.54) is 6.08 Å². The van der Waals surface area contributed by atoms with Gasteiger partial charge in [-0.1, -0.05) is 19.1 Å². The van der Waals surface area contributed by atoms with Crippen molar-refractivity contribution in [1.82, 2.24) is 0 Å². The standard InChI is InChI=1S/C21H23FO3/c1-11(23)13-4-5-14-15-9-17(22)16-8-12(24)6-7-20(16,3)21(15)18(25-21)10-19(13,14)2/h4,6-8,14-15,17-18H,5,9-10H2,1-3H3/t14-,15?,17-,18-,19-,20+,21-/m1/s1. The van der Waals surface area contributed by atoms with Crippen LogP contribution in [-0.2, 0) is 14.3 Å². The summed E-state index contributed by atoms with van der Waals surface area (Å²) in [5.41, 5.74) is 0.294. The monoisotopic (exact) mass is 342 g/mol. The fourth-order valence-electron chi connectivity index (χ4n) is 6.76. The molecule has 0 aromatic rings. The zero-order chi connectivity index (χ0) is 17.8. The number of epoxide rings is 1. The van der Waals surface area contributed by atoms with Gasteiger partial charge >= 0.3 is 0 Å². The lowest BCUT2D eigenvalue weighted by molar-refractivity contribution is -0.115. The molecule has 0 radical (unpaired) electrons. The van der Waals surface area contributed by atoms with Crippen LogP contribution in [0.5, 0.6) is 0 Å². The Morgan fingerprint density at radius 1 is 1.32 bits per heavy atom. The van der Waals surface area contributed by atoms with Crippen molar-refractivity contribution in [2.24, 2.45) is 22.7 Å². The molecule has 4 aliphatic carbocycles. The number of rotatable bonds is 1. The van der Waals surface area contributed by atoms with E-state index in [1.807, 2.05) is 13.0 Å². The van der Waals surface area contributed by atoms with Crippen LogP contribution in [-0.4, -0.2) is 29.4 Å². The van der Waals surface area contributed by atoms with Crippen LogP contribution in [0.4, 0.5) is 4.39 Å². The van der Waals surface area contributed by atoms with Gasteiger partial charge in [-0.15, -0.1) is 0 Å². The molecule has 0 N–H and O–H groups in total. The Balaban J connectivity index is 1.62. The Morgan fingerprint density at radius 2 is 2.08 bits per heavy atom. The highest BCUT2D eigenvalue weighted by atomic mass is 19.1. The van der Waals surface area contributed by atoms with Crippen LogP contribution >= 0.6 is 0 Å². The topological polar surface area (TPSA) is 46.7 Å². The summed E-state index contributed by atoms with van der Waals surface area (Å²) in [4.78, 5) is 24.0. The second-order valence-corrected chi connectivity index (χ2v) is 8.88. The maximum atomic E-state index is 15.1. The molecule has 1 heterocycles. The van der Waals surface area contributed by atoms with Crippen molar-refractivity contribution in [2.45, 2.75) is 57.9 Å². The lowest BCUT2D eigenvalue weighted by Gasteiger charge is -2.54. The molecule has 132 valence electrons. The molecule has 2 saturated carbocycles. The molecule has 5 rings (SSSR count). The van der Waals surface area contributed by atoms with Crippen molar-refractivity contribution in [2.75, 3.05) is 0 Å². The van der Waals surface area contributed by atoms with Gasteiger partial charge in [0.1, 0.15) is 11.8 Å². The first-order valence-corrected chi connectivity index (χ1v) is 9.23. The van der Waals surface area contributed by atoms with E-state index >= 15 is 4.39 Å². The van der Waals surface area contributed by atoms with E-state index in [9.17, 15) is 9.59 Å². The van der Waals surface area contributed by atoms with Crippen LogP contribution in [0.3, 0.4) is 0 Å². The number of hydrogen-bond acceptors (Lipinski definition) is 3. The van der Waals surface area contributed by atoms with Gasteiger partial charge in [0.05, 0.1) is 6.10 Å². The van der Waals surface area contributed by atoms with Crippen LogP contribution in [0.25, 0.3) is 0 Å². The Bertz CT molecular complexity index is 808. The Labute approximate surface area is 147 Å². The van der Waals surface area contributed by atoms with Crippen molar-refractivity contribution in [3.63, 3.8) is 0 Å². The molecule has 3 fully saturated rings. The fourth-order valence-corrected chi connectivity index (χ4v) is 6.76. The summed E-state index contributed by atoms with van der Waals surface area (Å²) in [7, 11) is 0. The first kappa shape index (κ1) is 15.7. The quantitative estimate of drug-likeness (QED) is 0.685. The summed E-state index contributed by atoms with van der Waals surface area (Å²) in [5, 5.41) is 0. The van der Waals surface area contributed by atoms with Gasteiger partial charge in [0, 0.05) is 10.8 Å². The van der Waals surface area contributed by atoms with Crippen LogP contribution < -0.4 is 0 Å². The van der Waals surface area contributed by atoms with E-state index in [0.717, 1.165) is 18.4 Å². The summed E-state index contributed by atoms with van der Waals surface area (Å²) in [6.45, 7) is 5.81. The Morgan fingerprint density at radius 3 is 2.80 bits per heavy atom. The molecule has 0 aromatic carbocycles. The van der Waals surface area contributed by atoms with Crippen LogP contribution in [0.2, 0.25) is 0 Å². The minimum atomic E-state index is -1.12. The number of alkyl halides is 1. The number of allylic oxidation sites excluding steroid dienone is 4. The zero-order valence-corrected chi connectivity index (χ0v) is 14.8. The van der Waals surface area contributed by atoms with Gasteiger partial charge in [-0.25, -0.2) is 4.39 Å². The van der Waals surface area contributed by atoms with E-state index < -0.39 is 17.2 Å². The number of carbonyl (C=O) groups excluding carboxylic acids is 2. The highest BCUT2D eigenvalue weighted by Gasteiger charge is 2.79. The summed E-state index contributed by atoms with van der Waals surface area (Å²) in [6.07, 6.45) is 7.91. The van der Waals surface area contributed by atoms with Crippen LogP contribution in [0.1, 0.15) is 40.0 Å². The largest absolute Gasteiger partial charge is 0.364 e. The number of Topliss-reactive ketones (excluding diaryl/α,β-unsaturated/α-hetero) is 1. The van der Waals surface area contributed by atoms with Gasteiger partial charge in [0.2, 0.25) is 0 Å². The molecular weight excluding hydrogens is 319 g/mol. The molecule has 0 bridgehead atoms. The molecule has 7 atom stereocenters. The molecule has 25 heavy (non-hydrogen) atoms. The molecule has 1 aliphatic heterocycles. The minimum absolute atomic E-state index is 0.0263. The van der Waals surface area contributed by atoms with E-state index in [2.05, 4.69) is 13.0 Å². The van der Waals surface area contributed by atoms with Crippen molar-refractivity contribution >= 4 is 11.6 Å². The SMILES string of the molecule is CC(=O)C1=CC[C@@H]2C3C[C@@H](F)C4=CC(=O)C=C[C@]4(C)[C@@]34O[C@@H]4C[C@]12C. The van der Waals surface area contributed by atoms with Gasteiger partial charge in [0.15, 0.2) is 11.6 Å². The summed E-state index contributed by atoms with van der Waals surface area (Å²) in [6, 6.07) is 0. The molecule has 4 heteroatoms. The number of carbonyl (C=O) groups is 2. The van der Waals surface area contributed by atoms with Crippen LogP contribution in [0, 0.1) is 22.7 Å². The molecule has 1 unspecified atom stereocenters. The van der Waals surface area contributed by atoms with Gasteiger partial charge in [-0.3, -0.25) is 9.59 Å². The van der Waals surface area contributed by atoms with Crippen molar-refractivity contribution < 1.29 is 18.7 Å². The third kappa shape index (κ3) is 1.61. The van der Waals surface area contributed by atoms with Crippen molar-refractivity contribution in [3.8, 4) is 0 Å². The first-order valence-electron chi connectivity index (χ1n) is 9.23. The number of ether oxygens (including phenoxy) is 1. The molecule has 1 saturated heterocycles. The first-order chi connectivity index (χ1) is 11.7. The smallest absolute Gasteiger partial charge is 0.178 e. The van der Waals surface area contributed by atoms with E-state index in [-0.39, 0.29) is 34.9 Å². The zero-order valence-electron chi connectivity index (χ0n) is 14.8. The van der Waals surface area contributed by atoms with Gasteiger partial charge in [-0.2, -0.15) is 0 Å².